The van der Waals surface area contributed by atoms with Crippen molar-refractivity contribution in [2.75, 3.05) is 32.7 Å². The predicted octanol–water partition coefficient (Wildman–Crippen LogP) is 2.96. The molecule has 19 heavy (non-hydrogen) atoms. The normalized spacial score (nSPS) is 17.7. The molecule has 0 saturated carbocycles. The molecular formula is C17H28N2. The topological polar surface area (TPSA) is 15.3 Å². The molecule has 0 atom stereocenters. The number of nitrogens with zero attached hydrogens (tertiary/aromatic N) is 1. The Kier molecular flexibility index (Phi) is 5.41. The first kappa shape index (κ1) is 14.5. The van der Waals surface area contributed by atoms with Gasteiger partial charge in [0.15, 0.2) is 0 Å². The summed E-state index contributed by atoms with van der Waals surface area (Å²) in [5.74, 6) is 0.627. The molecule has 1 fully saturated rings. The van der Waals surface area contributed by atoms with Gasteiger partial charge in [-0.3, -0.25) is 0 Å². The average Bonchev–Trinajstić information content (AvgIpc) is 2.66. The quantitative estimate of drug-likeness (QED) is 0.895. The Morgan fingerprint density at radius 3 is 2.84 bits per heavy atom. The van der Waals surface area contributed by atoms with E-state index < -0.39 is 0 Å². The second-order valence-electron chi connectivity index (χ2n) is 6.04. The Labute approximate surface area is 118 Å². The fourth-order valence-corrected chi connectivity index (χ4v) is 2.72. The van der Waals surface area contributed by atoms with Crippen LogP contribution in [0.15, 0.2) is 18.2 Å². The molecule has 1 aliphatic heterocycles. The third-order valence-electron chi connectivity index (χ3n) is 4.17. The molecule has 1 aromatic carbocycles. The highest BCUT2D eigenvalue weighted by Crippen LogP contribution is 2.19. The zero-order valence-electron chi connectivity index (χ0n) is 12.7. The maximum absolute atomic E-state index is 3.47. The Balaban J connectivity index is 1.96. The van der Waals surface area contributed by atoms with Gasteiger partial charge in [-0.1, -0.05) is 32.0 Å². The minimum absolute atomic E-state index is 0.627. The fourth-order valence-electron chi connectivity index (χ4n) is 2.72. The van der Waals surface area contributed by atoms with Gasteiger partial charge in [-0.25, -0.2) is 0 Å². The van der Waals surface area contributed by atoms with Gasteiger partial charge in [-0.05, 0) is 55.5 Å². The first-order valence-electron chi connectivity index (χ1n) is 7.69. The third kappa shape index (κ3) is 4.32. The molecule has 0 aliphatic carbocycles. The summed E-state index contributed by atoms with van der Waals surface area (Å²) in [6, 6.07) is 6.98. The van der Waals surface area contributed by atoms with Crippen molar-refractivity contribution in [1.82, 2.24) is 10.2 Å². The van der Waals surface area contributed by atoms with Crippen LogP contribution in [0.25, 0.3) is 0 Å². The summed E-state index contributed by atoms with van der Waals surface area (Å²) >= 11 is 0. The molecule has 106 valence electrons. The van der Waals surface area contributed by atoms with E-state index in [0.29, 0.717) is 5.92 Å². The highest BCUT2D eigenvalue weighted by atomic mass is 15.1. The van der Waals surface area contributed by atoms with E-state index in [4.69, 9.17) is 0 Å². The van der Waals surface area contributed by atoms with Crippen molar-refractivity contribution in [2.45, 2.75) is 39.5 Å². The molecule has 0 bridgehead atoms. The zero-order chi connectivity index (χ0) is 13.7. The largest absolute Gasteiger partial charge is 0.315 e. The first-order chi connectivity index (χ1) is 9.16. The van der Waals surface area contributed by atoms with Gasteiger partial charge >= 0.3 is 0 Å². The van der Waals surface area contributed by atoms with Crippen molar-refractivity contribution < 1.29 is 0 Å². The number of hydrogen-bond acceptors (Lipinski definition) is 2. The van der Waals surface area contributed by atoms with E-state index in [1.807, 2.05) is 0 Å². The van der Waals surface area contributed by atoms with Crippen molar-refractivity contribution in [3.8, 4) is 0 Å². The molecule has 2 nitrogen and oxygen atoms in total. The highest BCUT2D eigenvalue weighted by molar-refractivity contribution is 5.32. The minimum atomic E-state index is 0.627. The van der Waals surface area contributed by atoms with Gasteiger partial charge in [0.05, 0.1) is 0 Å². The molecule has 1 aromatic rings. The standard InChI is InChI=1S/C17H28N2/c1-14(2)16-6-5-15(3)17(13-16)7-11-19-10-4-8-18-9-12-19/h5-6,13-14,18H,4,7-12H2,1-3H3. The van der Waals surface area contributed by atoms with Crippen molar-refractivity contribution in [2.24, 2.45) is 0 Å². The van der Waals surface area contributed by atoms with Gasteiger partial charge in [0.2, 0.25) is 0 Å². The number of nitrogens with one attached hydrogen (secondary N) is 1. The van der Waals surface area contributed by atoms with Gasteiger partial charge < -0.3 is 10.2 Å². The summed E-state index contributed by atoms with van der Waals surface area (Å²) in [5, 5.41) is 3.47. The second-order valence-corrected chi connectivity index (χ2v) is 6.04. The van der Waals surface area contributed by atoms with Crippen LogP contribution in [-0.2, 0) is 6.42 Å². The van der Waals surface area contributed by atoms with Gasteiger partial charge in [-0.15, -0.1) is 0 Å². The molecule has 1 N–H and O–H groups in total. The van der Waals surface area contributed by atoms with E-state index in [2.05, 4.69) is 49.2 Å². The molecule has 0 unspecified atom stereocenters. The van der Waals surface area contributed by atoms with Gasteiger partial charge in [-0.2, -0.15) is 0 Å². The lowest BCUT2D eigenvalue weighted by molar-refractivity contribution is 0.296. The lowest BCUT2D eigenvalue weighted by atomic mass is 9.96. The van der Waals surface area contributed by atoms with Crippen molar-refractivity contribution in [3.63, 3.8) is 0 Å². The van der Waals surface area contributed by atoms with Gasteiger partial charge in [0.1, 0.15) is 0 Å². The Morgan fingerprint density at radius 1 is 1.21 bits per heavy atom. The second kappa shape index (κ2) is 7.06. The Hall–Kier alpha value is -0.860. The Bertz CT molecular complexity index is 390. The molecule has 1 heterocycles. The smallest absolute Gasteiger partial charge is 0.0107 e. The molecule has 1 saturated heterocycles. The fraction of sp³-hybridized carbons (Fsp3) is 0.647. The summed E-state index contributed by atoms with van der Waals surface area (Å²) in [6.07, 6.45) is 2.47. The number of benzene rings is 1. The van der Waals surface area contributed by atoms with Crippen LogP contribution >= 0.6 is 0 Å². The highest BCUT2D eigenvalue weighted by Gasteiger charge is 2.10. The van der Waals surface area contributed by atoms with Crippen LogP contribution in [0.5, 0.6) is 0 Å². The van der Waals surface area contributed by atoms with Crippen LogP contribution in [0.3, 0.4) is 0 Å². The van der Waals surface area contributed by atoms with Gasteiger partial charge in [0, 0.05) is 19.6 Å². The molecule has 1 aliphatic rings. The van der Waals surface area contributed by atoms with Crippen LogP contribution in [0.4, 0.5) is 0 Å². The number of aryl methyl sites for hydroxylation is 1. The van der Waals surface area contributed by atoms with E-state index in [1.54, 1.807) is 0 Å². The Morgan fingerprint density at radius 2 is 2.05 bits per heavy atom. The van der Waals surface area contributed by atoms with Crippen LogP contribution in [0.2, 0.25) is 0 Å². The molecule has 0 radical (unpaired) electrons. The maximum atomic E-state index is 3.47. The van der Waals surface area contributed by atoms with Crippen LogP contribution in [0.1, 0.15) is 42.9 Å². The third-order valence-corrected chi connectivity index (χ3v) is 4.17. The van der Waals surface area contributed by atoms with Gasteiger partial charge in [0.25, 0.3) is 0 Å². The summed E-state index contributed by atoms with van der Waals surface area (Å²) in [6.45, 7) is 12.7. The summed E-state index contributed by atoms with van der Waals surface area (Å²) < 4.78 is 0. The van der Waals surface area contributed by atoms with Crippen LogP contribution < -0.4 is 5.32 Å². The molecular weight excluding hydrogens is 232 g/mol. The molecule has 2 heteroatoms. The number of rotatable bonds is 4. The van der Waals surface area contributed by atoms with Crippen molar-refractivity contribution >= 4 is 0 Å². The lowest BCUT2D eigenvalue weighted by Gasteiger charge is -2.20. The molecule has 2 rings (SSSR count). The summed E-state index contributed by atoms with van der Waals surface area (Å²) in [7, 11) is 0. The zero-order valence-corrected chi connectivity index (χ0v) is 12.7. The van der Waals surface area contributed by atoms with Crippen molar-refractivity contribution in [1.29, 1.82) is 0 Å². The summed E-state index contributed by atoms with van der Waals surface area (Å²) in [4.78, 5) is 2.60. The van der Waals surface area contributed by atoms with Crippen molar-refractivity contribution in [3.05, 3.63) is 34.9 Å². The van der Waals surface area contributed by atoms with E-state index in [1.165, 1.54) is 55.7 Å². The molecule has 0 amide bonds. The van der Waals surface area contributed by atoms with E-state index in [9.17, 15) is 0 Å². The number of hydrogen-bond donors (Lipinski definition) is 1. The minimum Gasteiger partial charge on any atom is -0.315 e. The van der Waals surface area contributed by atoms with Crippen LogP contribution in [0, 0.1) is 6.92 Å². The first-order valence-corrected chi connectivity index (χ1v) is 7.69. The predicted molar refractivity (Wildman–Crippen MR) is 82.9 cm³/mol. The van der Waals surface area contributed by atoms with E-state index in [0.717, 1.165) is 6.54 Å². The lowest BCUT2D eigenvalue weighted by Crippen LogP contribution is -2.30. The van der Waals surface area contributed by atoms with E-state index in [-0.39, 0.29) is 0 Å². The maximum Gasteiger partial charge on any atom is 0.0107 e. The SMILES string of the molecule is Cc1ccc(C(C)C)cc1CCN1CCCNCC1. The van der Waals surface area contributed by atoms with E-state index >= 15 is 0 Å². The molecule has 0 aromatic heterocycles. The average molecular weight is 260 g/mol. The monoisotopic (exact) mass is 260 g/mol. The van der Waals surface area contributed by atoms with Crippen LogP contribution in [-0.4, -0.2) is 37.6 Å². The summed E-state index contributed by atoms with van der Waals surface area (Å²) in [5.41, 5.74) is 4.44. The molecule has 0 spiro atoms.